The molecule has 0 aliphatic carbocycles. The van der Waals surface area contributed by atoms with Crippen LogP contribution in [-0.4, -0.2) is 27.4 Å². The summed E-state index contributed by atoms with van der Waals surface area (Å²) in [5.74, 6) is 0.0349. The van der Waals surface area contributed by atoms with Gasteiger partial charge in [0.25, 0.3) is 0 Å². The minimum absolute atomic E-state index is 0.0349. The number of nitrogens with zero attached hydrogens (tertiary/aromatic N) is 2. The molecule has 3 aromatic rings. The van der Waals surface area contributed by atoms with E-state index in [2.05, 4.69) is 5.32 Å². The van der Waals surface area contributed by atoms with Gasteiger partial charge in [-0.3, -0.25) is 4.79 Å². The number of aliphatic hydroxyl groups is 1. The molecule has 0 spiro atoms. The predicted molar refractivity (Wildman–Crippen MR) is 126 cm³/mol. The van der Waals surface area contributed by atoms with Gasteiger partial charge in [-0.15, -0.1) is 0 Å². The molecule has 5 nitrogen and oxygen atoms in total. The van der Waals surface area contributed by atoms with Crippen molar-refractivity contribution in [1.82, 2.24) is 9.78 Å². The number of carbonyl (C=O) groups is 1. The molecule has 5 heteroatoms. The SMILES string of the molecule is O=C(CCCCCCCCCCO)Nc1cn(-c2ccccc2)nc1-c1ccccc1. The second-order valence-corrected chi connectivity index (χ2v) is 7.89. The highest BCUT2D eigenvalue weighted by Gasteiger charge is 2.14. The lowest BCUT2D eigenvalue weighted by Gasteiger charge is -2.06. The quantitative estimate of drug-likeness (QED) is 0.335. The van der Waals surface area contributed by atoms with Gasteiger partial charge in [-0.25, -0.2) is 4.68 Å². The molecule has 0 radical (unpaired) electrons. The number of para-hydroxylation sites is 1. The van der Waals surface area contributed by atoms with Crippen molar-refractivity contribution < 1.29 is 9.90 Å². The van der Waals surface area contributed by atoms with Crippen LogP contribution in [-0.2, 0) is 4.79 Å². The van der Waals surface area contributed by atoms with Gasteiger partial charge in [0.05, 0.1) is 17.6 Å². The molecule has 2 aromatic carbocycles. The van der Waals surface area contributed by atoms with Crippen LogP contribution in [0.15, 0.2) is 66.9 Å². The normalized spacial score (nSPS) is 10.9. The van der Waals surface area contributed by atoms with E-state index in [1.54, 1.807) is 0 Å². The monoisotopic (exact) mass is 419 g/mol. The highest BCUT2D eigenvalue weighted by atomic mass is 16.2. The van der Waals surface area contributed by atoms with Gasteiger partial charge in [0.15, 0.2) is 0 Å². The van der Waals surface area contributed by atoms with Crippen molar-refractivity contribution in [2.24, 2.45) is 0 Å². The van der Waals surface area contributed by atoms with Crippen molar-refractivity contribution in [2.45, 2.75) is 57.8 Å². The van der Waals surface area contributed by atoms with E-state index >= 15 is 0 Å². The third-order valence-corrected chi connectivity index (χ3v) is 5.37. The molecule has 0 saturated carbocycles. The third-order valence-electron chi connectivity index (χ3n) is 5.37. The van der Waals surface area contributed by atoms with Crippen LogP contribution in [0.1, 0.15) is 57.8 Å². The molecule has 0 aliphatic rings. The molecule has 0 unspecified atom stereocenters. The molecule has 3 rings (SSSR count). The number of aromatic nitrogens is 2. The fourth-order valence-electron chi connectivity index (χ4n) is 3.66. The minimum atomic E-state index is 0.0349. The zero-order valence-corrected chi connectivity index (χ0v) is 18.2. The molecule has 0 saturated heterocycles. The van der Waals surface area contributed by atoms with Crippen LogP contribution < -0.4 is 5.32 Å². The summed E-state index contributed by atoms with van der Waals surface area (Å²) < 4.78 is 1.81. The molecule has 1 amide bonds. The summed E-state index contributed by atoms with van der Waals surface area (Å²) in [6.07, 6.45) is 11.2. The zero-order chi connectivity index (χ0) is 21.7. The summed E-state index contributed by atoms with van der Waals surface area (Å²) in [6, 6.07) is 19.9. The van der Waals surface area contributed by atoms with Crippen molar-refractivity contribution in [2.75, 3.05) is 11.9 Å². The van der Waals surface area contributed by atoms with E-state index < -0.39 is 0 Å². The summed E-state index contributed by atoms with van der Waals surface area (Å²) in [4.78, 5) is 12.6. The second kappa shape index (κ2) is 12.7. The number of carbonyl (C=O) groups excluding carboxylic acids is 1. The highest BCUT2D eigenvalue weighted by molar-refractivity contribution is 5.94. The first-order chi connectivity index (χ1) is 15.3. The van der Waals surface area contributed by atoms with Crippen molar-refractivity contribution in [1.29, 1.82) is 0 Å². The highest BCUT2D eigenvalue weighted by Crippen LogP contribution is 2.28. The number of benzene rings is 2. The number of anilines is 1. The van der Waals surface area contributed by atoms with Gasteiger partial charge in [0.2, 0.25) is 5.91 Å². The number of nitrogens with one attached hydrogen (secondary N) is 1. The number of hydrogen-bond donors (Lipinski definition) is 2. The first-order valence-electron chi connectivity index (χ1n) is 11.4. The molecular weight excluding hydrogens is 386 g/mol. The molecule has 2 N–H and O–H groups in total. The predicted octanol–water partition coefficient (Wildman–Crippen LogP) is 5.98. The average molecular weight is 420 g/mol. The fourth-order valence-corrected chi connectivity index (χ4v) is 3.66. The summed E-state index contributed by atoms with van der Waals surface area (Å²) >= 11 is 0. The zero-order valence-electron chi connectivity index (χ0n) is 18.2. The molecule has 0 atom stereocenters. The Hall–Kier alpha value is -2.92. The second-order valence-electron chi connectivity index (χ2n) is 7.89. The first-order valence-corrected chi connectivity index (χ1v) is 11.4. The van der Waals surface area contributed by atoms with E-state index in [1.165, 1.54) is 19.3 Å². The van der Waals surface area contributed by atoms with Crippen molar-refractivity contribution in [3.05, 3.63) is 66.9 Å². The van der Waals surface area contributed by atoms with Gasteiger partial charge >= 0.3 is 0 Å². The molecule has 0 bridgehead atoms. The fraction of sp³-hybridized carbons (Fsp3) is 0.385. The Labute approximate surface area is 185 Å². The maximum atomic E-state index is 12.6. The van der Waals surface area contributed by atoms with Gasteiger partial charge in [0.1, 0.15) is 5.69 Å². The van der Waals surface area contributed by atoms with Crippen LogP contribution >= 0.6 is 0 Å². The topological polar surface area (TPSA) is 67.2 Å². The van der Waals surface area contributed by atoms with E-state index in [9.17, 15) is 4.79 Å². The summed E-state index contributed by atoms with van der Waals surface area (Å²) in [5, 5.41) is 16.6. The number of rotatable bonds is 13. The molecule has 0 aliphatic heterocycles. The summed E-state index contributed by atoms with van der Waals surface area (Å²) in [6.45, 7) is 0.297. The Bertz CT molecular complexity index is 907. The first kappa shape index (κ1) is 22.8. The smallest absolute Gasteiger partial charge is 0.224 e. The van der Waals surface area contributed by atoms with Crippen LogP contribution in [0.2, 0.25) is 0 Å². The number of unbranched alkanes of at least 4 members (excludes halogenated alkanes) is 7. The lowest BCUT2D eigenvalue weighted by Crippen LogP contribution is -2.11. The van der Waals surface area contributed by atoms with Crippen LogP contribution in [0.4, 0.5) is 5.69 Å². The molecular formula is C26H33N3O2. The van der Waals surface area contributed by atoms with Crippen molar-refractivity contribution in [3.63, 3.8) is 0 Å². The molecule has 31 heavy (non-hydrogen) atoms. The maximum absolute atomic E-state index is 12.6. The van der Waals surface area contributed by atoms with Crippen LogP contribution in [0.5, 0.6) is 0 Å². The van der Waals surface area contributed by atoms with E-state index in [-0.39, 0.29) is 5.91 Å². The standard InChI is InChI=1S/C26H33N3O2/c30-20-14-6-4-2-1-3-5-13-19-25(31)27-24-21-29(23-17-11-8-12-18-23)28-26(24)22-15-9-7-10-16-22/h7-12,15-18,21,30H,1-6,13-14,19-20H2,(H,27,31). The summed E-state index contributed by atoms with van der Waals surface area (Å²) in [5.41, 5.74) is 3.46. The summed E-state index contributed by atoms with van der Waals surface area (Å²) in [7, 11) is 0. The van der Waals surface area contributed by atoms with Crippen molar-refractivity contribution in [3.8, 4) is 16.9 Å². The largest absolute Gasteiger partial charge is 0.396 e. The Morgan fingerprint density at radius 2 is 1.39 bits per heavy atom. The number of hydrogen-bond acceptors (Lipinski definition) is 3. The van der Waals surface area contributed by atoms with Gasteiger partial charge in [0, 0.05) is 18.6 Å². The van der Waals surface area contributed by atoms with E-state index in [4.69, 9.17) is 10.2 Å². The van der Waals surface area contributed by atoms with Crippen LogP contribution in [0, 0.1) is 0 Å². The van der Waals surface area contributed by atoms with E-state index in [0.29, 0.717) is 13.0 Å². The number of aliphatic hydroxyl groups excluding tert-OH is 1. The Morgan fingerprint density at radius 1 is 0.806 bits per heavy atom. The van der Waals surface area contributed by atoms with Gasteiger partial charge in [-0.2, -0.15) is 5.10 Å². The average Bonchev–Trinajstić information content (AvgIpc) is 3.23. The Morgan fingerprint density at radius 3 is 2.03 bits per heavy atom. The molecule has 1 aromatic heterocycles. The lowest BCUT2D eigenvalue weighted by atomic mass is 10.1. The van der Waals surface area contributed by atoms with E-state index in [0.717, 1.165) is 54.7 Å². The van der Waals surface area contributed by atoms with Gasteiger partial charge < -0.3 is 10.4 Å². The van der Waals surface area contributed by atoms with E-state index in [1.807, 2.05) is 71.5 Å². The molecule has 1 heterocycles. The van der Waals surface area contributed by atoms with Crippen molar-refractivity contribution >= 4 is 11.6 Å². The Kier molecular flexibility index (Phi) is 9.32. The molecule has 164 valence electrons. The lowest BCUT2D eigenvalue weighted by molar-refractivity contribution is -0.116. The molecule has 0 fully saturated rings. The maximum Gasteiger partial charge on any atom is 0.224 e. The minimum Gasteiger partial charge on any atom is -0.396 e. The van der Waals surface area contributed by atoms with Gasteiger partial charge in [-0.05, 0) is 25.0 Å². The van der Waals surface area contributed by atoms with Crippen LogP contribution in [0.25, 0.3) is 16.9 Å². The Balaban J connectivity index is 1.54. The third kappa shape index (κ3) is 7.37. The van der Waals surface area contributed by atoms with Crippen LogP contribution in [0.3, 0.4) is 0 Å². The van der Waals surface area contributed by atoms with Gasteiger partial charge in [-0.1, -0.05) is 87.1 Å². The number of amides is 1.